The third kappa shape index (κ3) is 2.46. The quantitative estimate of drug-likeness (QED) is 0.873. The molecule has 1 atom stereocenters. The first-order chi connectivity index (χ1) is 9.35. The van der Waals surface area contributed by atoms with Gasteiger partial charge in [0.15, 0.2) is 5.54 Å². The summed E-state index contributed by atoms with van der Waals surface area (Å²) in [6.45, 7) is -0.209. The monoisotopic (exact) mass is 289 g/mol. The van der Waals surface area contributed by atoms with E-state index in [1.54, 1.807) is 0 Å². The molecule has 1 fully saturated rings. The van der Waals surface area contributed by atoms with Gasteiger partial charge in [0.05, 0.1) is 6.61 Å². The van der Waals surface area contributed by atoms with E-state index in [2.05, 4.69) is 0 Å². The summed E-state index contributed by atoms with van der Waals surface area (Å²) in [6, 6.07) is 0.688. The molecule has 108 valence electrons. The molecule has 1 aromatic carbocycles. The fourth-order valence-electron chi connectivity index (χ4n) is 1.92. The molecule has 0 saturated carbocycles. The van der Waals surface area contributed by atoms with E-state index in [4.69, 9.17) is 9.84 Å². The summed E-state index contributed by atoms with van der Waals surface area (Å²) in [5.74, 6) is -6.62. The molecule has 1 aromatic rings. The van der Waals surface area contributed by atoms with Crippen LogP contribution in [0.2, 0.25) is 0 Å². The lowest BCUT2D eigenvalue weighted by Crippen LogP contribution is -2.55. The zero-order chi connectivity index (χ0) is 14.9. The highest BCUT2D eigenvalue weighted by molar-refractivity contribution is 5.98. The Labute approximate surface area is 111 Å². The van der Waals surface area contributed by atoms with E-state index < -0.39 is 40.4 Å². The number of carboxylic acids is 1. The molecule has 5 nitrogen and oxygen atoms in total. The average molecular weight is 289 g/mol. The topological polar surface area (TPSA) is 75.6 Å². The summed E-state index contributed by atoms with van der Waals surface area (Å²) < 4.78 is 44.5. The Kier molecular flexibility index (Phi) is 3.67. The highest BCUT2D eigenvalue weighted by atomic mass is 19.1. The number of nitrogens with one attached hydrogen (secondary N) is 1. The molecule has 1 aliphatic heterocycles. The number of carboxylic acid groups (broad SMARTS) is 1. The number of rotatable bonds is 3. The van der Waals surface area contributed by atoms with Crippen molar-refractivity contribution in [1.29, 1.82) is 0 Å². The van der Waals surface area contributed by atoms with Crippen molar-refractivity contribution in [3.8, 4) is 0 Å². The zero-order valence-electron chi connectivity index (χ0n) is 10.1. The number of carbonyl (C=O) groups excluding carboxylic acids is 1. The molecule has 2 rings (SSSR count). The van der Waals surface area contributed by atoms with Crippen molar-refractivity contribution in [2.24, 2.45) is 0 Å². The average Bonchev–Trinajstić information content (AvgIpc) is 2.77. The Morgan fingerprint density at radius 1 is 1.25 bits per heavy atom. The standard InChI is InChI=1S/C12H10F3NO4/c13-6-3-7(14)9(8(15)4-6)10(17)16-12(11(18)19)1-2-20-5-12/h3-4H,1-2,5H2,(H,16,17)(H,18,19). The predicted octanol–water partition coefficient (Wildman–Crippen LogP) is 1.08. The molecule has 1 aliphatic rings. The summed E-state index contributed by atoms with van der Waals surface area (Å²) in [4.78, 5) is 23.0. The van der Waals surface area contributed by atoms with Crippen molar-refractivity contribution in [1.82, 2.24) is 5.32 Å². The Morgan fingerprint density at radius 2 is 1.85 bits per heavy atom. The fraction of sp³-hybridized carbons (Fsp3) is 0.333. The Bertz CT molecular complexity index is 547. The van der Waals surface area contributed by atoms with Crippen LogP contribution in [0.15, 0.2) is 12.1 Å². The summed E-state index contributed by atoms with van der Waals surface area (Å²) in [5, 5.41) is 11.1. The van der Waals surface area contributed by atoms with E-state index in [0.717, 1.165) is 0 Å². The lowest BCUT2D eigenvalue weighted by atomic mass is 9.98. The smallest absolute Gasteiger partial charge is 0.331 e. The van der Waals surface area contributed by atoms with Gasteiger partial charge in [0.1, 0.15) is 23.0 Å². The number of halogens is 3. The molecule has 1 heterocycles. The summed E-state index contributed by atoms with van der Waals surface area (Å²) in [6.07, 6.45) is -0.0293. The number of carbonyl (C=O) groups is 2. The SMILES string of the molecule is O=C(NC1(C(=O)O)CCOC1)c1c(F)cc(F)cc1F. The summed E-state index contributed by atoms with van der Waals surface area (Å²) in [7, 11) is 0. The van der Waals surface area contributed by atoms with Crippen LogP contribution in [0.5, 0.6) is 0 Å². The van der Waals surface area contributed by atoms with Crippen molar-refractivity contribution < 1.29 is 32.6 Å². The van der Waals surface area contributed by atoms with Crippen LogP contribution < -0.4 is 5.32 Å². The second-order valence-electron chi connectivity index (χ2n) is 4.39. The van der Waals surface area contributed by atoms with Crippen molar-refractivity contribution >= 4 is 11.9 Å². The van der Waals surface area contributed by atoms with E-state index in [0.29, 0.717) is 12.1 Å². The molecule has 0 bridgehead atoms. The molecule has 1 amide bonds. The van der Waals surface area contributed by atoms with Crippen molar-refractivity contribution in [2.75, 3.05) is 13.2 Å². The molecular formula is C12H10F3NO4. The summed E-state index contributed by atoms with van der Waals surface area (Å²) >= 11 is 0. The van der Waals surface area contributed by atoms with Crippen molar-refractivity contribution in [2.45, 2.75) is 12.0 Å². The van der Waals surface area contributed by atoms with Crippen LogP contribution in [0, 0.1) is 17.5 Å². The van der Waals surface area contributed by atoms with Gasteiger partial charge in [0, 0.05) is 25.2 Å². The number of aliphatic carboxylic acids is 1. The van der Waals surface area contributed by atoms with E-state index in [9.17, 15) is 22.8 Å². The lowest BCUT2D eigenvalue weighted by Gasteiger charge is -2.23. The molecule has 2 N–H and O–H groups in total. The van der Waals surface area contributed by atoms with Gasteiger partial charge in [-0.3, -0.25) is 4.79 Å². The second-order valence-corrected chi connectivity index (χ2v) is 4.39. The highest BCUT2D eigenvalue weighted by Crippen LogP contribution is 2.21. The van der Waals surface area contributed by atoms with Crippen LogP contribution in [-0.4, -0.2) is 35.7 Å². The molecule has 1 saturated heterocycles. The van der Waals surface area contributed by atoms with E-state index in [-0.39, 0.29) is 19.6 Å². The second kappa shape index (κ2) is 5.12. The third-order valence-corrected chi connectivity index (χ3v) is 3.02. The van der Waals surface area contributed by atoms with Gasteiger partial charge in [0.25, 0.3) is 5.91 Å². The predicted molar refractivity (Wildman–Crippen MR) is 59.6 cm³/mol. The molecule has 20 heavy (non-hydrogen) atoms. The van der Waals surface area contributed by atoms with Crippen LogP contribution in [0.1, 0.15) is 16.8 Å². The largest absolute Gasteiger partial charge is 0.479 e. The zero-order valence-corrected chi connectivity index (χ0v) is 10.1. The number of hydrogen-bond donors (Lipinski definition) is 2. The fourth-order valence-corrected chi connectivity index (χ4v) is 1.92. The number of ether oxygens (including phenoxy) is 1. The van der Waals surface area contributed by atoms with Crippen molar-refractivity contribution in [3.63, 3.8) is 0 Å². The Hall–Kier alpha value is -2.09. The molecule has 0 aromatic heterocycles. The van der Waals surface area contributed by atoms with Gasteiger partial charge in [-0.25, -0.2) is 18.0 Å². The maximum Gasteiger partial charge on any atom is 0.331 e. The Balaban J connectivity index is 2.31. The number of hydrogen-bond acceptors (Lipinski definition) is 3. The van der Waals surface area contributed by atoms with E-state index >= 15 is 0 Å². The van der Waals surface area contributed by atoms with Gasteiger partial charge in [-0.05, 0) is 0 Å². The van der Waals surface area contributed by atoms with Gasteiger partial charge in [-0.2, -0.15) is 0 Å². The molecule has 0 aliphatic carbocycles. The minimum Gasteiger partial charge on any atom is -0.479 e. The molecular weight excluding hydrogens is 279 g/mol. The van der Waals surface area contributed by atoms with Crippen LogP contribution in [-0.2, 0) is 9.53 Å². The van der Waals surface area contributed by atoms with Gasteiger partial charge in [-0.15, -0.1) is 0 Å². The minimum atomic E-state index is -1.73. The first-order valence-corrected chi connectivity index (χ1v) is 5.64. The van der Waals surface area contributed by atoms with Gasteiger partial charge in [-0.1, -0.05) is 0 Å². The number of amides is 1. The van der Waals surface area contributed by atoms with Gasteiger partial charge >= 0.3 is 5.97 Å². The number of benzene rings is 1. The maximum atomic E-state index is 13.4. The molecule has 0 spiro atoms. The van der Waals surface area contributed by atoms with E-state index in [1.165, 1.54) is 0 Å². The van der Waals surface area contributed by atoms with Crippen molar-refractivity contribution in [3.05, 3.63) is 35.1 Å². The minimum absolute atomic E-state index is 0.0293. The first kappa shape index (κ1) is 14.3. The van der Waals surface area contributed by atoms with Gasteiger partial charge in [0.2, 0.25) is 0 Å². The molecule has 0 radical (unpaired) electrons. The lowest BCUT2D eigenvalue weighted by molar-refractivity contribution is -0.144. The third-order valence-electron chi connectivity index (χ3n) is 3.02. The van der Waals surface area contributed by atoms with E-state index in [1.807, 2.05) is 5.32 Å². The molecule has 8 heteroatoms. The molecule has 1 unspecified atom stereocenters. The Morgan fingerprint density at radius 3 is 2.30 bits per heavy atom. The van der Waals surface area contributed by atoms with Crippen LogP contribution in [0.4, 0.5) is 13.2 Å². The maximum absolute atomic E-state index is 13.4. The highest BCUT2D eigenvalue weighted by Gasteiger charge is 2.44. The van der Waals surface area contributed by atoms with Crippen LogP contribution >= 0.6 is 0 Å². The van der Waals surface area contributed by atoms with Gasteiger partial charge < -0.3 is 15.2 Å². The van der Waals surface area contributed by atoms with Crippen LogP contribution in [0.25, 0.3) is 0 Å². The van der Waals surface area contributed by atoms with Crippen LogP contribution in [0.3, 0.4) is 0 Å². The first-order valence-electron chi connectivity index (χ1n) is 5.64. The summed E-state index contributed by atoms with van der Waals surface area (Å²) in [5.41, 5.74) is -2.76. The normalized spacial score (nSPS) is 21.8.